The van der Waals surface area contributed by atoms with E-state index in [2.05, 4.69) is 143 Å². The highest BCUT2D eigenvalue weighted by Gasteiger charge is 2.41. The number of halogens is 5. The molecule has 9 aromatic rings. The van der Waals surface area contributed by atoms with E-state index < -0.39 is 28.0 Å². The van der Waals surface area contributed by atoms with Crippen molar-refractivity contribution < 1.29 is 36.7 Å². The summed E-state index contributed by atoms with van der Waals surface area (Å²) in [6.07, 6.45) is 19.3. The second-order valence-electron chi connectivity index (χ2n) is 34.6. The fourth-order valence-corrected chi connectivity index (χ4v) is 21.2. The number of likely N-dealkylation sites (tertiary alicyclic amines) is 3. The predicted molar refractivity (Wildman–Crippen MR) is 498 cm³/mol. The molecule has 6 N–H and O–H groups in total. The number of piperidine rings is 6. The lowest BCUT2D eigenvalue weighted by Crippen LogP contribution is -2.48. The van der Waals surface area contributed by atoms with Gasteiger partial charge in [0.1, 0.15) is 48.0 Å². The van der Waals surface area contributed by atoms with Crippen molar-refractivity contribution in [1.29, 1.82) is 0 Å². The molecule has 3 spiro atoms. The van der Waals surface area contributed by atoms with Crippen molar-refractivity contribution in [2.75, 3.05) is 193 Å². The molecule has 0 unspecified atom stereocenters. The van der Waals surface area contributed by atoms with Gasteiger partial charge in [-0.3, -0.25) is 0 Å². The van der Waals surface area contributed by atoms with E-state index in [-0.39, 0.29) is 22.5 Å². The smallest absolute Gasteiger partial charge is 0.387 e. The Morgan fingerprint density at radius 1 is 0.380 bits per heavy atom. The Kier molecular flexibility index (Phi) is 29.2. The molecule has 15 rings (SSSR count). The van der Waals surface area contributed by atoms with Gasteiger partial charge in [0.15, 0.2) is 23.2 Å². The standard InChI is InChI=1S/C31H42ClN6O2P.C29H36ClF2N6O2P.C29H38ClN6O2P/c1-22(2)37-16-12-31(13-17-37)14-18-38(19-15-31)23-10-11-25(27(20-23)40-3)35-30-33-21-24(32)29(36-30)34-26-8-6-7-9-28(26)41(4,5)39;1-37-14-10-29(11-15-37)12-16-38(17-13-29)20-8-9-22(24(18-20)40-27(31)32)35-28-33-19-21(30)26(36-28)34-23-6-4-5-7-25(23)41(2,3)39;1-35-15-11-29(12-16-35)13-17-36(18-14-29)21-9-10-23(25(19-21)38-2)33-28-31-20-22(30)27(34-28)32-24-7-5-6-8-26(24)39(3,4)37/h6-11,20-22H,12-19H2,1-5H3,(H2,33,34,35,36);4-9,18-19,27H,10-17H2,1-3H3,(H2,33,34,35,36);5-10,19-20H,11-18H2,1-4H3,(H2,31,32,33,34). The maximum absolute atomic E-state index is 13.4. The fourth-order valence-electron chi connectivity index (χ4n) is 17.3. The van der Waals surface area contributed by atoms with Crippen LogP contribution < -0.4 is 76.7 Å². The van der Waals surface area contributed by atoms with Crippen LogP contribution in [0, 0.1) is 16.2 Å². The molecule has 6 saturated heterocycles. The molecule has 0 atom stereocenters. The monoisotopic (exact) mass is 1770 g/mol. The zero-order valence-electron chi connectivity index (χ0n) is 71.5. The van der Waals surface area contributed by atoms with Crippen molar-refractivity contribution in [2.45, 2.75) is 104 Å². The first-order chi connectivity index (χ1) is 57.7. The minimum absolute atomic E-state index is 0.00777. The molecule has 9 heterocycles. The molecule has 0 saturated carbocycles. The van der Waals surface area contributed by atoms with Crippen LogP contribution in [0.4, 0.5) is 95.3 Å². The molecule has 24 nitrogen and oxygen atoms in total. The zero-order chi connectivity index (χ0) is 86.0. The number of para-hydroxylation sites is 3. The third-order valence-corrected chi connectivity index (χ3v) is 30.5. The van der Waals surface area contributed by atoms with E-state index in [9.17, 15) is 22.5 Å². The van der Waals surface area contributed by atoms with Crippen LogP contribution in [-0.4, -0.2) is 204 Å². The summed E-state index contributed by atoms with van der Waals surface area (Å²) in [7, 11) is 0.165. The lowest BCUT2D eigenvalue weighted by molar-refractivity contribution is -0.0493. The number of rotatable bonds is 23. The lowest BCUT2D eigenvalue weighted by atomic mass is 9.71. The molecule has 6 aromatic carbocycles. The van der Waals surface area contributed by atoms with Crippen LogP contribution in [-0.2, 0) is 13.7 Å². The first-order valence-corrected chi connectivity index (χ1v) is 50.6. The van der Waals surface area contributed by atoms with Crippen molar-refractivity contribution in [3.63, 3.8) is 0 Å². The highest BCUT2D eigenvalue weighted by molar-refractivity contribution is 7.71. The molecular formula is C89H116Cl3F2N18O6P3. The normalized spacial score (nSPS) is 17.6. The number of hydrogen-bond donors (Lipinski definition) is 6. The molecule has 648 valence electrons. The number of hydrogen-bond acceptors (Lipinski definition) is 24. The van der Waals surface area contributed by atoms with Crippen LogP contribution in [0.2, 0.25) is 15.1 Å². The number of alkyl halides is 2. The molecule has 6 aliphatic heterocycles. The van der Waals surface area contributed by atoms with Gasteiger partial charge in [-0.25, -0.2) is 15.0 Å². The van der Waals surface area contributed by atoms with Crippen LogP contribution in [0.1, 0.15) is 90.9 Å². The Balaban J connectivity index is 0.000000157. The van der Waals surface area contributed by atoms with Crippen LogP contribution >= 0.6 is 56.2 Å². The van der Waals surface area contributed by atoms with Gasteiger partial charge in [0.2, 0.25) is 17.8 Å². The molecule has 0 aliphatic carbocycles. The number of methoxy groups -OCH3 is 2. The highest BCUT2D eigenvalue weighted by atomic mass is 35.5. The Hall–Kier alpha value is -8.54. The van der Waals surface area contributed by atoms with Crippen molar-refractivity contribution in [3.8, 4) is 17.2 Å². The average molecular weight is 1770 g/mol. The van der Waals surface area contributed by atoms with Gasteiger partial charge < -0.3 is 89.2 Å². The Labute approximate surface area is 726 Å². The largest absolute Gasteiger partial charge is 0.494 e. The number of nitrogens with one attached hydrogen (secondary N) is 6. The number of benzene rings is 6. The molecule has 6 fully saturated rings. The summed E-state index contributed by atoms with van der Waals surface area (Å²) in [4.78, 5) is 41.3. The van der Waals surface area contributed by atoms with Gasteiger partial charge in [-0.15, -0.1) is 0 Å². The number of ether oxygens (including phenoxy) is 3. The fraction of sp³-hybridized carbons (Fsp3) is 0.461. The van der Waals surface area contributed by atoms with Crippen molar-refractivity contribution in [3.05, 3.63) is 161 Å². The van der Waals surface area contributed by atoms with Crippen molar-refractivity contribution in [2.24, 2.45) is 16.2 Å². The van der Waals surface area contributed by atoms with E-state index >= 15 is 0 Å². The third kappa shape index (κ3) is 23.1. The number of anilines is 15. The topological polar surface area (TPSA) is 248 Å². The maximum Gasteiger partial charge on any atom is 0.387 e. The van der Waals surface area contributed by atoms with Crippen LogP contribution in [0.25, 0.3) is 0 Å². The average Bonchev–Trinajstić information content (AvgIpc) is 0.782. The Bertz CT molecular complexity index is 5200. The maximum atomic E-state index is 13.4. The first-order valence-electron chi connectivity index (χ1n) is 41.7. The second-order valence-corrected chi connectivity index (χ2v) is 45.3. The molecule has 3 aromatic heterocycles. The first kappa shape index (κ1) is 90.2. The van der Waals surface area contributed by atoms with E-state index in [1.807, 2.05) is 78.9 Å². The third-order valence-electron chi connectivity index (χ3n) is 25.0. The number of nitrogens with zero attached hydrogens (tertiary/aromatic N) is 12. The Morgan fingerprint density at radius 2 is 0.653 bits per heavy atom. The highest BCUT2D eigenvalue weighted by Crippen LogP contribution is 2.49. The predicted octanol–water partition coefficient (Wildman–Crippen LogP) is 19.9. The van der Waals surface area contributed by atoms with Crippen molar-refractivity contribution >= 4 is 159 Å². The molecule has 0 bridgehead atoms. The molecular weight excluding hydrogens is 1650 g/mol. The van der Waals surface area contributed by atoms with E-state index in [0.29, 0.717) is 83.9 Å². The summed E-state index contributed by atoms with van der Waals surface area (Å²) in [5.41, 5.74) is 8.45. The van der Waals surface area contributed by atoms with E-state index in [0.717, 1.165) is 104 Å². The van der Waals surface area contributed by atoms with Crippen LogP contribution in [0.5, 0.6) is 17.2 Å². The summed E-state index contributed by atoms with van der Waals surface area (Å²) in [6.45, 7) is 25.1. The van der Waals surface area contributed by atoms with Gasteiger partial charge >= 0.3 is 6.61 Å². The molecule has 0 amide bonds. The van der Waals surface area contributed by atoms with E-state index in [1.54, 1.807) is 90.9 Å². The molecule has 6 aliphatic rings. The van der Waals surface area contributed by atoms with Gasteiger partial charge in [-0.2, -0.15) is 23.7 Å². The van der Waals surface area contributed by atoms with Gasteiger partial charge in [0, 0.05) is 96.5 Å². The Morgan fingerprint density at radius 3 is 0.934 bits per heavy atom. The van der Waals surface area contributed by atoms with Crippen LogP contribution in [0.3, 0.4) is 0 Å². The summed E-state index contributed by atoms with van der Waals surface area (Å²) < 4.78 is 81.7. The summed E-state index contributed by atoms with van der Waals surface area (Å²) in [6, 6.07) is 40.6. The van der Waals surface area contributed by atoms with E-state index in [1.165, 1.54) is 108 Å². The van der Waals surface area contributed by atoms with E-state index in [4.69, 9.17) is 49.0 Å². The van der Waals surface area contributed by atoms with Gasteiger partial charge in [-0.1, -0.05) is 71.2 Å². The minimum Gasteiger partial charge on any atom is -0.494 e. The molecule has 0 radical (unpaired) electrons. The molecule has 121 heavy (non-hydrogen) atoms. The minimum atomic E-state index is -2.99. The second kappa shape index (κ2) is 39.1. The van der Waals surface area contributed by atoms with Gasteiger partial charge in [-0.05, 0) is 273 Å². The lowest BCUT2D eigenvalue weighted by Gasteiger charge is -2.48. The summed E-state index contributed by atoms with van der Waals surface area (Å²) >= 11 is 19.2. The number of aromatic nitrogens is 6. The molecule has 32 heteroatoms. The van der Waals surface area contributed by atoms with Gasteiger partial charge in [0.25, 0.3) is 0 Å². The van der Waals surface area contributed by atoms with Crippen molar-refractivity contribution in [1.82, 2.24) is 44.6 Å². The quantitative estimate of drug-likeness (QED) is 0.0326. The van der Waals surface area contributed by atoms with Crippen LogP contribution in [0.15, 0.2) is 146 Å². The SMILES string of the molecule is CN1CCC2(CC1)CCN(c1ccc(Nc3ncc(Cl)c(Nc4ccccc4P(C)(C)=O)n3)c(OC(F)F)c1)CC2.COc1cc(N2CCC3(CC2)CCN(C(C)C)CC3)ccc1Nc1ncc(Cl)c(Nc2ccccc2P(C)(C)=O)n1.COc1cc(N2CCC3(CCN(C)CC3)CC2)ccc1Nc1ncc(Cl)c(Nc2ccccc2P(C)(C)=O)n1. The summed E-state index contributed by atoms with van der Waals surface area (Å²) in [5, 5.41) is 22.3. The summed E-state index contributed by atoms with van der Waals surface area (Å²) in [5.74, 6) is 3.51. The zero-order valence-corrected chi connectivity index (χ0v) is 76.5. The van der Waals surface area contributed by atoms with Gasteiger partial charge in [0.05, 0.1) is 66.9 Å².